The highest BCUT2D eigenvalue weighted by molar-refractivity contribution is 6.40. The van der Waals surface area contributed by atoms with E-state index in [0.29, 0.717) is 84.8 Å². The summed E-state index contributed by atoms with van der Waals surface area (Å²) in [6.45, 7) is 5.77. The molecular weight excluding hydrogens is 496 g/mol. The molecule has 0 aliphatic carbocycles. The van der Waals surface area contributed by atoms with Crippen molar-refractivity contribution in [2.24, 2.45) is 0 Å². The van der Waals surface area contributed by atoms with Crippen LogP contribution in [0.3, 0.4) is 0 Å². The molecule has 0 bridgehead atoms. The third-order valence-corrected chi connectivity index (χ3v) is 4.78. The van der Waals surface area contributed by atoms with Gasteiger partial charge in [0.05, 0.1) is 79.3 Å². The summed E-state index contributed by atoms with van der Waals surface area (Å²) >= 11 is 0. The molecule has 10 heteroatoms. The number of esters is 1. The van der Waals surface area contributed by atoms with E-state index < -0.39 is 11.8 Å². The van der Waals surface area contributed by atoms with E-state index in [9.17, 15) is 9.59 Å². The van der Waals surface area contributed by atoms with E-state index in [1.165, 1.54) is 0 Å². The van der Waals surface area contributed by atoms with Crippen molar-refractivity contribution in [1.29, 1.82) is 0 Å². The molecule has 2 aromatic carbocycles. The highest BCUT2D eigenvalue weighted by Gasteiger charge is 2.17. The van der Waals surface area contributed by atoms with Gasteiger partial charge < -0.3 is 37.9 Å². The Bertz CT molecular complexity index is 847. The van der Waals surface area contributed by atoms with Crippen molar-refractivity contribution in [2.75, 3.05) is 92.5 Å². The molecule has 0 fully saturated rings. The van der Waals surface area contributed by atoms with Crippen LogP contribution in [0.5, 0.6) is 5.75 Å². The first kappa shape index (κ1) is 31.4. The lowest BCUT2D eigenvalue weighted by Gasteiger charge is -2.09. The molecule has 0 aromatic heterocycles. The van der Waals surface area contributed by atoms with Gasteiger partial charge in [0.2, 0.25) is 0 Å². The molecule has 0 saturated carbocycles. The van der Waals surface area contributed by atoms with Crippen LogP contribution < -0.4 is 4.74 Å². The Labute approximate surface area is 224 Å². The molecular formula is C28H38O10. The second-order valence-electron chi connectivity index (χ2n) is 7.67. The maximum absolute atomic E-state index is 11.8. The molecule has 0 radical (unpaired) electrons. The number of rotatable bonds is 24. The predicted octanol–water partition coefficient (Wildman–Crippen LogP) is 2.59. The number of carbonyl (C=O) groups excluding carboxylic acids is 2. The van der Waals surface area contributed by atoms with Gasteiger partial charge in [-0.2, -0.15) is 0 Å². The molecule has 0 N–H and O–H groups in total. The van der Waals surface area contributed by atoms with Gasteiger partial charge in [-0.25, -0.2) is 4.79 Å². The number of benzene rings is 2. The van der Waals surface area contributed by atoms with Crippen LogP contribution in [0.4, 0.5) is 0 Å². The smallest absolute Gasteiger partial charge is 0.379 e. The van der Waals surface area contributed by atoms with Crippen LogP contribution in [0.1, 0.15) is 10.4 Å². The zero-order valence-corrected chi connectivity index (χ0v) is 21.8. The Balaban J connectivity index is 1.23. The molecule has 2 rings (SSSR count). The Hall–Kier alpha value is -2.86. The van der Waals surface area contributed by atoms with Gasteiger partial charge in [0.15, 0.2) is 0 Å². The van der Waals surface area contributed by atoms with Crippen LogP contribution in [0.15, 0.2) is 60.7 Å². The van der Waals surface area contributed by atoms with Crippen LogP contribution in [0.25, 0.3) is 0 Å². The van der Waals surface area contributed by atoms with E-state index in [1.807, 2.05) is 30.3 Å². The minimum Gasteiger partial charge on any atom is -0.491 e. The quantitative estimate of drug-likeness (QED) is 0.0863. The van der Waals surface area contributed by atoms with E-state index in [2.05, 4.69) is 0 Å². The summed E-state index contributed by atoms with van der Waals surface area (Å²) in [7, 11) is 0. The molecule has 0 heterocycles. The molecule has 38 heavy (non-hydrogen) atoms. The van der Waals surface area contributed by atoms with E-state index in [0.717, 1.165) is 5.75 Å². The lowest BCUT2D eigenvalue weighted by Crippen LogP contribution is -2.20. The van der Waals surface area contributed by atoms with Crippen LogP contribution in [0.2, 0.25) is 0 Å². The van der Waals surface area contributed by atoms with Crippen molar-refractivity contribution in [2.45, 2.75) is 0 Å². The van der Waals surface area contributed by atoms with Gasteiger partial charge in [-0.1, -0.05) is 48.5 Å². The predicted molar refractivity (Wildman–Crippen MR) is 139 cm³/mol. The molecule has 0 saturated heterocycles. The second kappa shape index (κ2) is 22.2. The Morgan fingerprint density at radius 2 is 0.816 bits per heavy atom. The number of ketones is 1. The van der Waals surface area contributed by atoms with Gasteiger partial charge in [0.25, 0.3) is 5.78 Å². The standard InChI is InChI=1S/C28H38O10/c29-27(25-7-3-1-4-8-25)28(30)38-24-22-36-20-18-34-16-14-32-12-11-31-13-15-33-17-19-35-21-23-37-26-9-5-2-6-10-26/h1-10H,11-24H2. The summed E-state index contributed by atoms with van der Waals surface area (Å²) in [6.07, 6.45) is 0. The second-order valence-corrected chi connectivity index (χ2v) is 7.67. The Morgan fingerprint density at radius 1 is 0.447 bits per heavy atom. The number of hydrogen-bond acceptors (Lipinski definition) is 10. The third kappa shape index (κ3) is 16.1. The lowest BCUT2D eigenvalue weighted by molar-refractivity contribution is -0.139. The van der Waals surface area contributed by atoms with Crippen LogP contribution in [-0.2, 0) is 38.0 Å². The van der Waals surface area contributed by atoms with Crippen molar-refractivity contribution >= 4 is 11.8 Å². The van der Waals surface area contributed by atoms with Gasteiger partial charge in [-0.3, -0.25) is 4.79 Å². The van der Waals surface area contributed by atoms with E-state index in [4.69, 9.17) is 37.9 Å². The Morgan fingerprint density at radius 3 is 1.26 bits per heavy atom. The highest BCUT2D eigenvalue weighted by Crippen LogP contribution is 2.07. The molecule has 2 aromatic rings. The van der Waals surface area contributed by atoms with Crippen molar-refractivity contribution in [3.8, 4) is 5.75 Å². The van der Waals surface area contributed by atoms with Crippen LogP contribution >= 0.6 is 0 Å². The monoisotopic (exact) mass is 534 g/mol. The van der Waals surface area contributed by atoms with Crippen molar-refractivity contribution in [3.63, 3.8) is 0 Å². The van der Waals surface area contributed by atoms with E-state index in [-0.39, 0.29) is 13.2 Å². The fourth-order valence-corrected chi connectivity index (χ4v) is 2.90. The fourth-order valence-electron chi connectivity index (χ4n) is 2.90. The van der Waals surface area contributed by atoms with Gasteiger partial charge in [0.1, 0.15) is 19.0 Å². The average molecular weight is 535 g/mol. The first-order valence-electron chi connectivity index (χ1n) is 12.7. The summed E-state index contributed by atoms with van der Waals surface area (Å²) in [4.78, 5) is 23.5. The zero-order chi connectivity index (χ0) is 26.9. The highest BCUT2D eigenvalue weighted by atomic mass is 16.6. The number of para-hydroxylation sites is 1. The molecule has 0 aliphatic heterocycles. The summed E-state index contributed by atoms with van der Waals surface area (Å²) in [5, 5.41) is 0. The van der Waals surface area contributed by atoms with Crippen molar-refractivity contribution in [1.82, 2.24) is 0 Å². The molecule has 0 atom stereocenters. The number of Topliss-reactive ketones (excluding diaryl/α,β-unsaturated/α-hetero) is 1. The largest absolute Gasteiger partial charge is 0.491 e. The minimum atomic E-state index is -0.893. The van der Waals surface area contributed by atoms with Gasteiger partial charge in [-0.05, 0) is 12.1 Å². The first-order chi connectivity index (χ1) is 18.8. The average Bonchev–Trinajstić information content (AvgIpc) is 2.96. The van der Waals surface area contributed by atoms with Gasteiger partial charge in [0, 0.05) is 5.56 Å². The summed E-state index contributed by atoms with van der Waals surface area (Å²) in [5.41, 5.74) is 0.299. The van der Waals surface area contributed by atoms with Crippen molar-refractivity contribution < 1.29 is 47.5 Å². The number of carbonyl (C=O) groups is 2. The number of ether oxygens (including phenoxy) is 8. The number of hydrogen-bond donors (Lipinski definition) is 0. The lowest BCUT2D eigenvalue weighted by atomic mass is 10.1. The molecule has 0 aliphatic rings. The molecule has 0 unspecified atom stereocenters. The minimum absolute atomic E-state index is 0.00392. The van der Waals surface area contributed by atoms with Gasteiger partial charge >= 0.3 is 5.97 Å². The molecule has 0 spiro atoms. The first-order valence-corrected chi connectivity index (χ1v) is 12.7. The summed E-state index contributed by atoms with van der Waals surface area (Å²) in [6, 6.07) is 17.9. The van der Waals surface area contributed by atoms with Crippen molar-refractivity contribution in [3.05, 3.63) is 66.2 Å². The molecule has 0 amide bonds. The SMILES string of the molecule is O=C(OCCOCCOCCOCCOCCOCCOCCOc1ccccc1)C(=O)c1ccccc1. The fraction of sp³-hybridized carbons (Fsp3) is 0.500. The van der Waals surface area contributed by atoms with Gasteiger partial charge in [-0.15, -0.1) is 0 Å². The zero-order valence-electron chi connectivity index (χ0n) is 21.8. The topological polar surface area (TPSA) is 108 Å². The maximum Gasteiger partial charge on any atom is 0.379 e. The van der Waals surface area contributed by atoms with Crippen LogP contribution in [0, 0.1) is 0 Å². The normalized spacial score (nSPS) is 10.8. The molecule has 10 nitrogen and oxygen atoms in total. The molecule has 210 valence electrons. The summed E-state index contributed by atoms with van der Waals surface area (Å²) < 4.78 is 42.9. The van der Waals surface area contributed by atoms with Crippen LogP contribution in [-0.4, -0.2) is 104 Å². The third-order valence-electron chi connectivity index (χ3n) is 4.78. The summed E-state index contributed by atoms with van der Waals surface area (Å²) in [5.74, 6) is -0.730. The van der Waals surface area contributed by atoms with E-state index >= 15 is 0 Å². The Kier molecular flexibility index (Phi) is 18.3. The maximum atomic E-state index is 11.8. The van der Waals surface area contributed by atoms with E-state index in [1.54, 1.807) is 30.3 Å².